The van der Waals surface area contributed by atoms with E-state index in [2.05, 4.69) is 15.4 Å². The molecule has 3 heterocycles. The molecule has 18 heteroatoms. The monoisotopic (exact) mass is 955 g/mol. The number of hydrogen-bond acceptors (Lipinski definition) is 13. The molecule has 364 valence electrons. The summed E-state index contributed by atoms with van der Waals surface area (Å²) in [7, 11) is 0. The summed E-state index contributed by atoms with van der Waals surface area (Å²) in [5.74, 6) is -4.95. The maximum atomic E-state index is 15.1. The van der Waals surface area contributed by atoms with Crippen LogP contribution in [0.25, 0.3) is 6.08 Å². The third kappa shape index (κ3) is 10.7. The van der Waals surface area contributed by atoms with Crippen LogP contribution in [0.1, 0.15) is 78.2 Å². The third-order valence-electron chi connectivity index (χ3n) is 12.3. The largest absolute Gasteiger partial charge is 0.460 e. The van der Waals surface area contributed by atoms with Crippen LogP contribution in [0.3, 0.4) is 0 Å². The second-order valence-electron chi connectivity index (χ2n) is 18.4. The van der Waals surface area contributed by atoms with Crippen molar-refractivity contribution in [2.45, 2.75) is 107 Å². The first kappa shape index (κ1) is 49.0. The van der Waals surface area contributed by atoms with Gasteiger partial charge in [0.2, 0.25) is 11.7 Å². The first-order valence-electron chi connectivity index (χ1n) is 22.5. The Kier molecular flexibility index (Phi) is 14.1. The van der Waals surface area contributed by atoms with Crippen molar-refractivity contribution in [1.82, 2.24) is 15.7 Å². The van der Waals surface area contributed by atoms with E-state index in [-0.39, 0.29) is 37.9 Å². The summed E-state index contributed by atoms with van der Waals surface area (Å²) in [4.78, 5) is 74.1. The molecule has 4 aromatic rings. The summed E-state index contributed by atoms with van der Waals surface area (Å²) < 4.78 is 67.6. The molecule has 3 N–H and O–H groups in total. The highest BCUT2D eigenvalue weighted by molar-refractivity contribution is 5.95. The second kappa shape index (κ2) is 19.9. The van der Waals surface area contributed by atoms with Gasteiger partial charge in [-0.2, -0.15) is 18.2 Å². The number of hydroxylamine groups is 2. The predicted molar refractivity (Wildman–Crippen MR) is 239 cm³/mol. The fourth-order valence-electron chi connectivity index (χ4n) is 9.36. The van der Waals surface area contributed by atoms with Gasteiger partial charge in [-0.25, -0.2) is 4.79 Å². The van der Waals surface area contributed by atoms with Crippen molar-refractivity contribution in [3.8, 4) is 0 Å². The van der Waals surface area contributed by atoms with Crippen molar-refractivity contribution < 1.29 is 70.8 Å². The molecule has 0 unspecified atom stereocenters. The average Bonchev–Trinajstić information content (AvgIpc) is 3.90. The molecule has 3 aliphatic heterocycles. The number of carbonyl (C=O) groups is 5. The number of halogens is 3. The molecule has 4 aromatic carbocycles. The van der Waals surface area contributed by atoms with Crippen molar-refractivity contribution in [3.05, 3.63) is 149 Å². The van der Waals surface area contributed by atoms with Crippen molar-refractivity contribution in [3.63, 3.8) is 0 Å². The lowest BCUT2D eigenvalue weighted by Crippen LogP contribution is -2.69. The molecule has 0 radical (unpaired) electrons. The molecule has 3 saturated heterocycles. The number of amides is 2. The fraction of sp³-hybridized carbons (Fsp3) is 0.392. The quantitative estimate of drug-likeness (QED) is 0.0694. The Morgan fingerprint density at radius 3 is 2.22 bits per heavy atom. The Hall–Kier alpha value is -6.44. The number of nitrogens with zero attached hydrogens (tertiary/aromatic N) is 1. The van der Waals surface area contributed by atoms with Crippen LogP contribution >= 0.6 is 0 Å². The predicted octanol–water partition coefficient (Wildman–Crippen LogP) is 5.82. The molecular formula is C51H52F3N3O12. The van der Waals surface area contributed by atoms with E-state index in [1.165, 1.54) is 11.1 Å². The van der Waals surface area contributed by atoms with Crippen molar-refractivity contribution >= 4 is 35.8 Å². The summed E-state index contributed by atoms with van der Waals surface area (Å²) >= 11 is 0. The Morgan fingerprint density at radius 2 is 1.55 bits per heavy atom. The number of rotatable bonds is 16. The van der Waals surface area contributed by atoms with Gasteiger partial charge in [-0.1, -0.05) is 97.1 Å². The Morgan fingerprint density at radius 1 is 0.884 bits per heavy atom. The molecule has 0 aromatic heterocycles. The zero-order chi connectivity index (χ0) is 49.1. The van der Waals surface area contributed by atoms with Gasteiger partial charge >= 0.3 is 24.1 Å². The summed E-state index contributed by atoms with van der Waals surface area (Å²) in [6.45, 7) is 2.92. The standard InChI is InChI=1S/C51H52F3N3O12/c1-48(2,3)66-40(60)23-21-37(29-58)56-45(61)34-15-11-13-32(25-34)27-55-47(63)49-26-38-41-42(68-51(67-41,35-16-6-4-7-17-35)36-18-8-5-9-19-36)44(49)69-57(43(49)46(62)65-38)28-33-14-10-12-31(24-33)20-22-39(59)64-30-50(52,53)54/h4-20,22,24-25,37-38,41-44,58H,21,23,26-30H2,1-3H3,(H,55,63)(H,56,61)/t37-,38+,41-,42-,43-,44+,49-/m0/s1. The molecule has 2 bridgehead atoms. The van der Waals surface area contributed by atoms with Crippen LogP contribution in [0, 0.1) is 5.41 Å². The van der Waals surface area contributed by atoms with Crippen molar-refractivity contribution in [1.29, 1.82) is 0 Å². The number of ether oxygens (including phenoxy) is 5. The lowest BCUT2D eigenvalue weighted by Gasteiger charge is -2.48. The number of benzene rings is 4. The van der Waals surface area contributed by atoms with Gasteiger partial charge in [-0.05, 0) is 62.1 Å². The summed E-state index contributed by atoms with van der Waals surface area (Å²) in [6.07, 6.45) is -6.37. The van der Waals surface area contributed by atoms with Gasteiger partial charge in [0.05, 0.1) is 19.2 Å². The number of fused-ring (bicyclic) bond motifs is 4. The van der Waals surface area contributed by atoms with Crippen LogP contribution in [0.5, 0.6) is 0 Å². The van der Waals surface area contributed by atoms with Crippen LogP contribution < -0.4 is 10.6 Å². The molecule has 7 atom stereocenters. The molecule has 1 aliphatic carbocycles. The molecule has 1 saturated carbocycles. The van der Waals surface area contributed by atoms with E-state index in [4.69, 9.17) is 23.8 Å². The lowest BCUT2D eigenvalue weighted by molar-refractivity contribution is -0.213. The van der Waals surface area contributed by atoms with Crippen molar-refractivity contribution in [2.24, 2.45) is 5.41 Å². The van der Waals surface area contributed by atoms with E-state index in [9.17, 15) is 37.5 Å². The first-order chi connectivity index (χ1) is 32.9. The molecule has 0 spiro atoms. The minimum Gasteiger partial charge on any atom is -0.460 e. The van der Waals surface area contributed by atoms with Gasteiger partial charge in [0.25, 0.3) is 5.91 Å². The minimum absolute atomic E-state index is 0.0162. The van der Waals surface area contributed by atoms with E-state index in [0.717, 1.165) is 6.08 Å². The van der Waals surface area contributed by atoms with E-state index >= 15 is 4.79 Å². The van der Waals surface area contributed by atoms with Crippen LogP contribution in [0.2, 0.25) is 0 Å². The number of carbonyl (C=O) groups excluding carboxylic acids is 5. The van der Waals surface area contributed by atoms with Gasteiger partial charge in [-0.15, -0.1) is 0 Å². The molecule has 4 fully saturated rings. The number of nitrogens with one attached hydrogen (secondary N) is 2. The molecule has 15 nitrogen and oxygen atoms in total. The number of aliphatic hydroxyl groups excluding tert-OH is 1. The second-order valence-corrected chi connectivity index (χ2v) is 18.4. The van der Waals surface area contributed by atoms with Crippen LogP contribution in [0.15, 0.2) is 115 Å². The lowest BCUT2D eigenvalue weighted by atomic mass is 9.62. The third-order valence-corrected chi connectivity index (χ3v) is 12.3. The highest BCUT2D eigenvalue weighted by Gasteiger charge is 2.76. The molecule has 8 rings (SSSR count). The summed E-state index contributed by atoms with van der Waals surface area (Å²) in [5, 5.41) is 17.1. The van der Waals surface area contributed by atoms with Gasteiger partial charge in [-0.3, -0.25) is 24.0 Å². The van der Waals surface area contributed by atoms with Gasteiger partial charge in [0.15, 0.2) is 12.6 Å². The molecule has 69 heavy (non-hydrogen) atoms. The maximum Gasteiger partial charge on any atom is 0.422 e. The highest BCUT2D eigenvalue weighted by atomic mass is 19.4. The number of alkyl halides is 3. The number of aliphatic hydroxyl groups is 1. The van der Waals surface area contributed by atoms with E-state index < -0.39 is 102 Å². The van der Waals surface area contributed by atoms with Gasteiger partial charge in [0.1, 0.15) is 35.4 Å². The van der Waals surface area contributed by atoms with Gasteiger partial charge < -0.3 is 39.4 Å². The summed E-state index contributed by atoms with van der Waals surface area (Å²) in [5.41, 5.74) is 0.754. The smallest absolute Gasteiger partial charge is 0.422 e. The highest BCUT2D eigenvalue weighted by Crippen LogP contribution is 2.59. The zero-order valence-electron chi connectivity index (χ0n) is 38.0. The molecule has 2 amide bonds. The fourth-order valence-corrected chi connectivity index (χ4v) is 9.36. The Labute approximate surface area is 395 Å². The van der Waals surface area contributed by atoms with E-state index in [1.807, 2.05) is 60.7 Å². The van der Waals surface area contributed by atoms with E-state index in [0.29, 0.717) is 27.8 Å². The van der Waals surface area contributed by atoms with Crippen LogP contribution in [-0.4, -0.2) is 101 Å². The SMILES string of the molecule is CC(C)(C)OC(=O)CC[C@@H](CO)NC(=O)c1cccc(CNC(=O)[C@@]23C[C@H]4OC(=O)[C@@H]2N(Cc2cccc(C=CC(=O)OCC(F)(F)F)c2)O[C@@H]3[C@H]2OC(c3ccccc3)(c3ccccc3)O[C@H]24)c1. The van der Waals surface area contributed by atoms with Crippen molar-refractivity contribution in [2.75, 3.05) is 13.2 Å². The van der Waals surface area contributed by atoms with E-state index in [1.54, 1.807) is 69.3 Å². The summed E-state index contributed by atoms with van der Waals surface area (Å²) in [6, 6.07) is 29.6. The maximum absolute atomic E-state index is 15.1. The van der Waals surface area contributed by atoms with Crippen LogP contribution in [-0.2, 0) is 66.6 Å². The normalized spacial score (nSPS) is 24.2. The zero-order valence-corrected chi connectivity index (χ0v) is 38.0. The Bertz CT molecular complexity index is 2530. The first-order valence-corrected chi connectivity index (χ1v) is 22.5. The topological polar surface area (TPSA) is 188 Å². The van der Waals surface area contributed by atoms with Crippen LogP contribution in [0.4, 0.5) is 13.2 Å². The average molecular weight is 956 g/mol. The number of esters is 3. The Balaban J connectivity index is 1.07. The van der Waals surface area contributed by atoms with Gasteiger partial charge in [0, 0.05) is 42.2 Å². The molecular weight excluding hydrogens is 904 g/mol. The molecule has 4 aliphatic rings. The minimum atomic E-state index is -4.69. The number of hydrogen-bond donors (Lipinski definition) is 3.